The van der Waals surface area contributed by atoms with Gasteiger partial charge in [0.05, 0.1) is 0 Å². The molecule has 0 amide bonds. The zero-order valence-electron chi connectivity index (χ0n) is 10.2. The second kappa shape index (κ2) is 5.86. The molecule has 1 aliphatic heterocycles. The number of hydrogen-bond acceptors (Lipinski definition) is 2. The predicted octanol–water partition coefficient (Wildman–Crippen LogP) is 2.39. The van der Waals surface area contributed by atoms with Gasteiger partial charge in [-0.25, -0.2) is 0 Å². The molecule has 15 heavy (non-hydrogen) atoms. The number of nitrogens with one attached hydrogen (secondary N) is 1. The highest BCUT2D eigenvalue weighted by Gasteiger charge is 2.30. The maximum Gasteiger partial charge on any atom is 0.0249 e. The van der Waals surface area contributed by atoms with Crippen molar-refractivity contribution in [2.45, 2.75) is 64.0 Å². The van der Waals surface area contributed by atoms with Crippen molar-refractivity contribution >= 4 is 0 Å². The third-order valence-electron chi connectivity index (χ3n) is 4.00. The van der Waals surface area contributed by atoms with Gasteiger partial charge in [0, 0.05) is 12.1 Å². The van der Waals surface area contributed by atoms with E-state index in [0.717, 1.165) is 12.1 Å². The van der Waals surface area contributed by atoms with Crippen LogP contribution in [0.4, 0.5) is 0 Å². The molecule has 2 rings (SSSR count). The molecule has 1 N–H and O–H groups in total. The number of likely N-dealkylation sites (tertiary alicyclic amines) is 1. The molecule has 0 aromatic rings. The van der Waals surface area contributed by atoms with Gasteiger partial charge in [-0.3, -0.25) is 4.90 Å². The summed E-state index contributed by atoms with van der Waals surface area (Å²) in [5.74, 6) is 0. The SMILES string of the molecule is CCCNC1CCCCC1N1CCCC1. The number of nitrogens with zero attached hydrogens (tertiary/aromatic N) is 1. The Morgan fingerprint density at radius 1 is 1.07 bits per heavy atom. The standard InChI is InChI=1S/C13H26N2/c1-2-9-14-12-7-3-4-8-13(12)15-10-5-6-11-15/h12-14H,2-11H2,1H3. The van der Waals surface area contributed by atoms with Crippen LogP contribution in [0.5, 0.6) is 0 Å². The van der Waals surface area contributed by atoms with E-state index in [4.69, 9.17) is 0 Å². The molecule has 2 atom stereocenters. The second-order valence-corrected chi connectivity index (χ2v) is 5.16. The summed E-state index contributed by atoms with van der Waals surface area (Å²) in [5, 5.41) is 3.76. The van der Waals surface area contributed by atoms with Crippen molar-refractivity contribution in [3.63, 3.8) is 0 Å². The Morgan fingerprint density at radius 3 is 2.53 bits per heavy atom. The molecular weight excluding hydrogens is 184 g/mol. The van der Waals surface area contributed by atoms with E-state index in [1.54, 1.807) is 0 Å². The van der Waals surface area contributed by atoms with Crippen LogP contribution in [0.25, 0.3) is 0 Å². The molecule has 2 nitrogen and oxygen atoms in total. The lowest BCUT2D eigenvalue weighted by Gasteiger charge is -2.38. The highest BCUT2D eigenvalue weighted by atomic mass is 15.2. The molecule has 1 aliphatic carbocycles. The first-order chi connectivity index (χ1) is 7.42. The Morgan fingerprint density at radius 2 is 1.80 bits per heavy atom. The third kappa shape index (κ3) is 2.94. The summed E-state index contributed by atoms with van der Waals surface area (Å²) in [6.45, 7) is 6.18. The molecule has 0 aromatic carbocycles. The highest BCUT2D eigenvalue weighted by Crippen LogP contribution is 2.26. The van der Waals surface area contributed by atoms with E-state index < -0.39 is 0 Å². The maximum absolute atomic E-state index is 3.76. The van der Waals surface area contributed by atoms with E-state index in [2.05, 4.69) is 17.1 Å². The van der Waals surface area contributed by atoms with Gasteiger partial charge in [-0.2, -0.15) is 0 Å². The summed E-state index contributed by atoms with van der Waals surface area (Å²) in [7, 11) is 0. The monoisotopic (exact) mass is 210 g/mol. The molecule has 0 bridgehead atoms. The summed E-state index contributed by atoms with van der Waals surface area (Å²) in [6, 6.07) is 1.64. The van der Waals surface area contributed by atoms with Gasteiger partial charge in [0.15, 0.2) is 0 Å². The molecule has 0 aromatic heterocycles. The Kier molecular flexibility index (Phi) is 4.45. The van der Waals surface area contributed by atoms with Gasteiger partial charge in [-0.15, -0.1) is 0 Å². The first-order valence-electron chi connectivity index (χ1n) is 6.89. The number of rotatable bonds is 4. The van der Waals surface area contributed by atoms with Gasteiger partial charge in [0.25, 0.3) is 0 Å². The Hall–Kier alpha value is -0.0800. The van der Waals surface area contributed by atoms with Crippen molar-refractivity contribution in [1.82, 2.24) is 10.2 Å². The van der Waals surface area contributed by atoms with Crippen molar-refractivity contribution in [3.8, 4) is 0 Å². The average molecular weight is 210 g/mol. The molecule has 2 fully saturated rings. The molecule has 2 unspecified atom stereocenters. The lowest BCUT2D eigenvalue weighted by molar-refractivity contribution is 0.148. The summed E-state index contributed by atoms with van der Waals surface area (Å²) < 4.78 is 0. The first kappa shape index (κ1) is 11.4. The topological polar surface area (TPSA) is 15.3 Å². The minimum atomic E-state index is 0.789. The van der Waals surface area contributed by atoms with Crippen LogP contribution in [0.2, 0.25) is 0 Å². The third-order valence-corrected chi connectivity index (χ3v) is 4.00. The highest BCUT2D eigenvalue weighted by molar-refractivity contribution is 4.89. The lowest BCUT2D eigenvalue weighted by Crippen LogP contribution is -2.51. The number of hydrogen-bond donors (Lipinski definition) is 1. The smallest absolute Gasteiger partial charge is 0.0249 e. The Bertz CT molecular complexity index is 175. The van der Waals surface area contributed by atoms with E-state index in [9.17, 15) is 0 Å². The largest absolute Gasteiger partial charge is 0.312 e. The zero-order chi connectivity index (χ0) is 10.5. The van der Waals surface area contributed by atoms with Crippen molar-refractivity contribution in [2.75, 3.05) is 19.6 Å². The molecule has 1 saturated carbocycles. The molecule has 1 heterocycles. The molecule has 2 aliphatic rings. The molecule has 2 heteroatoms. The molecule has 0 spiro atoms. The van der Waals surface area contributed by atoms with E-state index in [1.807, 2.05) is 0 Å². The van der Waals surface area contributed by atoms with Crippen LogP contribution in [0.15, 0.2) is 0 Å². The van der Waals surface area contributed by atoms with Crippen LogP contribution in [0.3, 0.4) is 0 Å². The van der Waals surface area contributed by atoms with Crippen LogP contribution < -0.4 is 5.32 Å². The van der Waals surface area contributed by atoms with Gasteiger partial charge in [0.2, 0.25) is 0 Å². The minimum Gasteiger partial charge on any atom is -0.312 e. The minimum absolute atomic E-state index is 0.789. The van der Waals surface area contributed by atoms with Crippen LogP contribution in [-0.4, -0.2) is 36.6 Å². The van der Waals surface area contributed by atoms with Crippen LogP contribution in [0.1, 0.15) is 51.9 Å². The van der Waals surface area contributed by atoms with Gasteiger partial charge in [-0.1, -0.05) is 19.8 Å². The van der Waals surface area contributed by atoms with Crippen molar-refractivity contribution < 1.29 is 0 Å². The van der Waals surface area contributed by atoms with Gasteiger partial charge < -0.3 is 5.32 Å². The zero-order valence-corrected chi connectivity index (χ0v) is 10.2. The van der Waals surface area contributed by atoms with E-state index in [1.165, 1.54) is 64.6 Å². The first-order valence-corrected chi connectivity index (χ1v) is 6.89. The summed E-state index contributed by atoms with van der Waals surface area (Å²) in [4.78, 5) is 2.74. The maximum atomic E-state index is 3.76. The molecule has 0 radical (unpaired) electrons. The van der Waals surface area contributed by atoms with Crippen LogP contribution in [0, 0.1) is 0 Å². The fraction of sp³-hybridized carbons (Fsp3) is 1.00. The average Bonchev–Trinajstić information content (AvgIpc) is 2.80. The van der Waals surface area contributed by atoms with Crippen molar-refractivity contribution in [1.29, 1.82) is 0 Å². The van der Waals surface area contributed by atoms with Crippen molar-refractivity contribution in [3.05, 3.63) is 0 Å². The van der Waals surface area contributed by atoms with E-state index in [-0.39, 0.29) is 0 Å². The summed E-state index contributed by atoms with van der Waals surface area (Å²) in [5.41, 5.74) is 0. The predicted molar refractivity (Wildman–Crippen MR) is 65.1 cm³/mol. The Labute approximate surface area is 94.4 Å². The summed E-state index contributed by atoms with van der Waals surface area (Å²) in [6.07, 6.45) is 9.84. The lowest BCUT2D eigenvalue weighted by atomic mass is 9.89. The second-order valence-electron chi connectivity index (χ2n) is 5.16. The normalized spacial score (nSPS) is 33.4. The Balaban J connectivity index is 1.86. The van der Waals surface area contributed by atoms with E-state index >= 15 is 0 Å². The summed E-state index contributed by atoms with van der Waals surface area (Å²) >= 11 is 0. The van der Waals surface area contributed by atoms with Gasteiger partial charge in [-0.05, 0) is 51.7 Å². The van der Waals surface area contributed by atoms with Gasteiger partial charge >= 0.3 is 0 Å². The molecule has 88 valence electrons. The molecular formula is C13H26N2. The molecule has 1 saturated heterocycles. The fourth-order valence-electron chi connectivity index (χ4n) is 3.19. The van der Waals surface area contributed by atoms with Crippen molar-refractivity contribution in [2.24, 2.45) is 0 Å². The van der Waals surface area contributed by atoms with E-state index in [0.29, 0.717) is 0 Å². The fourth-order valence-corrected chi connectivity index (χ4v) is 3.19. The van der Waals surface area contributed by atoms with Gasteiger partial charge in [0.1, 0.15) is 0 Å². The van der Waals surface area contributed by atoms with Crippen LogP contribution >= 0.6 is 0 Å². The van der Waals surface area contributed by atoms with Crippen LogP contribution in [-0.2, 0) is 0 Å². The quantitative estimate of drug-likeness (QED) is 0.766.